The van der Waals surface area contributed by atoms with E-state index in [1.165, 1.54) is 12.1 Å². The highest BCUT2D eigenvalue weighted by Crippen LogP contribution is 2.08. The van der Waals surface area contributed by atoms with E-state index in [2.05, 4.69) is 15.7 Å². The molecule has 2 aromatic rings. The minimum absolute atomic E-state index is 0.244. The number of carbonyl (C=O) groups is 1. The van der Waals surface area contributed by atoms with Gasteiger partial charge in [0.1, 0.15) is 5.82 Å². The minimum Gasteiger partial charge on any atom is -0.338 e. The molecule has 0 spiro atoms. The molecule has 1 aromatic heterocycles. The van der Waals surface area contributed by atoms with E-state index in [0.29, 0.717) is 12.2 Å². The Labute approximate surface area is 116 Å². The molecule has 2 amide bonds. The Morgan fingerprint density at radius 2 is 2.30 bits per heavy atom. The van der Waals surface area contributed by atoms with Gasteiger partial charge in [-0.15, -0.1) is 0 Å². The molecule has 0 saturated heterocycles. The van der Waals surface area contributed by atoms with Gasteiger partial charge in [0.05, 0.1) is 0 Å². The summed E-state index contributed by atoms with van der Waals surface area (Å²) in [5, 5.41) is 9.44. The summed E-state index contributed by atoms with van der Waals surface area (Å²) in [6.07, 6.45) is 3.60. The van der Waals surface area contributed by atoms with Crippen LogP contribution in [0.25, 0.3) is 0 Å². The zero-order valence-corrected chi connectivity index (χ0v) is 11.2. The monoisotopic (exact) mass is 276 g/mol. The molecule has 0 aliphatic carbocycles. The van der Waals surface area contributed by atoms with Crippen molar-refractivity contribution >= 4 is 11.7 Å². The highest BCUT2D eigenvalue weighted by atomic mass is 19.1. The van der Waals surface area contributed by atoms with Crippen LogP contribution in [-0.2, 0) is 6.54 Å². The van der Waals surface area contributed by atoms with Crippen molar-refractivity contribution in [3.63, 3.8) is 0 Å². The van der Waals surface area contributed by atoms with Crippen LogP contribution < -0.4 is 10.6 Å². The molecular weight excluding hydrogens is 259 g/mol. The maximum atomic E-state index is 13.0. The number of anilines is 1. The third-order valence-corrected chi connectivity index (χ3v) is 2.75. The van der Waals surface area contributed by atoms with Crippen molar-refractivity contribution in [3.8, 4) is 0 Å². The van der Waals surface area contributed by atoms with Gasteiger partial charge in [0.25, 0.3) is 0 Å². The van der Waals surface area contributed by atoms with Gasteiger partial charge in [-0.05, 0) is 30.2 Å². The predicted molar refractivity (Wildman–Crippen MR) is 74.8 cm³/mol. The summed E-state index contributed by atoms with van der Waals surface area (Å²) in [5.74, 6) is -0.136. The topological polar surface area (TPSA) is 59.0 Å². The maximum absolute atomic E-state index is 13.0. The molecule has 5 nitrogen and oxygen atoms in total. The first kappa shape index (κ1) is 14.0. The number of urea groups is 1. The quantitative estimate of drug-likeness (QED) is 0.881. The van der Waals surface area contributed by atoms with E-state index in [0.717, 1.165) is 6.54 Å². The third kappa shape index (κ3) is 4.38. The molecule has 0 unspecified atom stereocenters. The molecular formula is C14H17FN4O. The van der Waals surface area contributed by atoms with Crippen LogP contribution in [0.3, 0.4) is 0 Å². The molecule has 6 heteroatoms. The number of hydrogen-bond acceptors (Lipinski definition) is 2. The highest BCUT2D eigenvalue weighted by molar-refractivity contribution is 5.89. The lowest BCUT2D eigenvalue weighted by atomic mass is 10.2. The summed E-state index contributed by atoms with van der Waals surface area (Å²) in [6.45, 7) is 3.26. The van der Waals surface area contributed by atoms with Gasteiger partial charge in [-0.25, -0.2) is 9.18 Å². The van der Waals surface area contributed by atoms with Gasteiger partial charge in [0.15, 0.2) is 0 Å². The number of carbonyl (C=O) groups excluding carboxylic acids is 1. The average Bonchev–Trinajstić information content (AvgIpc) is 2.89. The first-order chi connectivity index (χ1) is 9.63. The van der Waals surface area contributed by atoms with E-state index in [1.54, 1.807) is 18.3 Å². The second-order valence-electron chi connectivity index (χ2n) is 4.68. The van der Waals surface area contributed by atoms with Crippen molar-refractivity contribution < 1.29 is 9.18 Å². The fourth-order valence-electron chi connectivity index (χ4n) is 1.80. The normalized spacial score (nSPS) is 11.9. The highest BCUT2D eigenvalue weighted by Gasteiger charge is 2.07. The molecule has 20 heavy (non-hydrogen) atoms. The summed E-state index contributed by atoms with van der Waals surface area (Å²) in [5.41, 5.74) is 0.433. The van der Waals surface area contributed by atoms with Crippen molar-refractivity contribution in [1.82, 2.24) is 15.1 Å². The largest absolute Gasteiger partial charge is 0.338 e. The Kier molecular flexibility index (Phi) is 4.70. The summed E-state index contributed by atoms with van der Waals surface area (Å²) in [4.78, 5) is 11.7. The Hall–Kier alpha value is -2.37. The van der Waals surface area contributed by atoms with Crippen molar-refractivity contribution in [3.05, 3.63) is 48.5 Å². The van der Waals surface area contributed by atoms with Crippen LogP contribution in [0.5, 0.6) is 0 Å². The van der Waals surface area contributed by atoms with Gasteiger partial charge in [-0.1, -0.05) is 13.0 Å². The van der Waals surface area contributed by atoms with Crippen molar-refractivity contribution in [2.24, 2.45) is 5.92 Å². The van der Waals surface area contributed by atoms with Gasteiger partial charge >= 0.3 is 6.03 Å². The van der Waals surface area contributed by atoms with E-state index in [-0.39, 0.29) is 17.8 Å². The molecule has 1 aromatic carbocycles. The summed E-state index contributed by atoms with van der Waals surface area (Å²) >= 11 is 0. The Balaban J connectivity index is 1.74. The van der Waals surface area contributed by atoms with Crippen LogP contribution in [0.15, 0.2) is 42.7 Å². The van der Waals surface area contributed by atoms with Crippen LogP contribution in [0, 0.1) is 11.7 Å². The molecule has 2 N–H and O–H groups in total. The molecule has 0 aliphatic heterocycles. The third-order valence-electron chi connectivity index (χ3n) is 2.75. The second-order valence-corrected chi connectivity index (χ2v) is 4.68. The Morgan fingerprint density at radius 3 is 3.00 bits per heavy atom. The van der Waals surface area contributed by atoms with Gasteiger partial charge in [-0.3, -0.25) is 4.68 Å². The van der Waals surface area contributed by atoms with Crippen molar-refractivity contribution in [2.45, 2.75) is 13.5 Å². The van der Waals surface area contributed by atoms with Gasteiger partial charge in [0, 0.05) is 31.2 Å². The number of halogens is 1. The molecule has 0 radical (unpaired) electrons. The van der Waals surface area contributed by atoms with E-state index < -0.39 is 0 Å². The van der Waals surface area contributed by atoms with Crippen molar-refractivity contribution in [1.29, 1.82) is 0 Å². The zero-order chi connectivity index (χ0) is 14.4. The van der Waals surface area contributed by atoms with Crippen LogP contribution in [0.1, 0.15) is 6.92 Å². The predicted octanol–water partition coefficient (Wildman–Crippen LogP) is 2.48. The molecule has 1 heterocycles. The summed E-state index contributed by atoms with van der Waals surface area (Å²) < 4.78 is 14.8. The SMILES string of the molecule is C[C@H](CNC(=O)Nc1cccc(F)c1)Cn1cccn1. The lowest BCUT2D eigenvalue weighted by Gasteiger charge is -2.13. The number of hydrogen-bond donors (Lipinski definition) is 2. The van der Waals surface area contributed by atoms with E-state index in [4.69, 9.17) is 0 Å². The standard InChI is InChI=1S/C14H17FN4O/c1-11(10-19-7-3-6-17-19)9-16-14(20)18-13-5-2-4-12(15)8-13/h2-8,11H,9-10H2,1H3,(H2,16,18,20)/t11-/m1/s1. The van der Waals surface area contributed by atoms with Gasteiger partial charge < -0.3 is 10.6 Å². The number of aromatic nitrogens is 2. The van der Waals surface area contributed by atoms with E-state index in [1.807, 2.05) is 23.9 Å². The molecule has 0 fully saturated rings. The van der Waals surface area contributed by atoms with Crippen molar-refractivity contribution in [2.75, 3.05) is 11.9 Å². The lowest BCUT2D eigenvalue weighted by Crippen LogP contribution is -2.33. The first-order valence-corrected chi connectivity index (χ1v) is 6.41. The second kappa shape index (κ2) is 6.70. The zero-order valence-electron chi connectivity index (χ0n) is 11.2. The number of nitrogens with one attached hydrogen (secondary N) is 2. The lowest BCUT2D eigenvalue weighted by molar-refractivity contribution is 0.249. The van der Waals surface area contributed by atoms with E-state index in [9.17, 15) is 9.18 Å². The van der Waals surface area contributed by atoms with Crippen LogP contribution in [-0.4, -0.2) is 22.4 Å². The number of amides is 2. The molecule has 0 saturated carbocycles. The summed E-state index contributed by atoms with van der Waals surface area (Å²) in [7, 11) is 0. The van der Waals surface area contributed by atoms with Gasteiger partial charge in [-0.2, -0.15) is 5.10 Å². The first-order valence-electron chi connectivity index (χ1n) is 6.41. The number of benzene rings is 1. The van der Waals surface area contributed by atoms with Gasteiger partial charge in [0.2, 0.25) is 0 Å². The molecule has 2 rings (SSSR count). The smallest absolute Gasteiger partial charge is 0.319 e. The summed E-state index contributed by atoms with van der Waals surface area (Å²) in [6, 6.07) is 7.29. The number of rotatable bonds is 5. The number of nitrogens with zero attached hydrogens (tertiary/aromatic N) is 2. The Morgan fingerprint density at radius 1 is 1.45 bits per heavy atom. The van der Waals surface area contributed by atoms with E-state index >= 15 is 0 Å². The van der Waals surface area contributed by atoms with Crippen LogP contribution in [0.4, 0.5) is 14.9 Å². The minimum atomic E-state index is -0.380. The molecule has 1 atom stereocenters. The Bertz CT molecular complexity index is 556. The maximum Gasteiger partial charge on any atom is 0.319 e. The molecule has 106 valence electrons. The fraction of sp³-hybridized carbons (Fsp3) is 0.286. The molecule has 0 aliphatic rings. The fourth-order valence-corrected chi connectivity index (χ4v) is 1.80. The van der Waals surface area contributed by atoms with Crippen LogP contribution in [0.2, 0.25) is 0 Å². The average molecular weight is 276 g/mol. The molecule has 0 bridgehead atoms. The van der Waals surface area contributed by atoms with Crippen LogP contribution >= 0.6 is 0 Å².